The fraction of sp³-hybridized carbons (Fsp3) is 0.167. The Bertz CT molecular complexity index is 843. The molecule has 25 heavy (non-hydrogen) atoms. The van der Waals surface area contributed by atoms with Crippen molar-refractivity contribution in [3.8, 4) is 5.75 Å². The second-order valence-electron chi connectivity index (χ2n) is 5.29. The Hall–Kier alpha value is -2.86. The lowest BCUT2D eigenvalue weighted by atomic mass is 10.1. The van der Waals surface area contributed by atoms with E-state index >= 15 is 0 Å². The van der Waals surface area contributed by atoms with Crippen molar-refractivity contribution >= 4 is 29.1 Å². The van der Waals surface area contributed by atoms with E-state index in [1.807, 2.05) is 42.5 Å². The summed E-state index contributed by atoms with van der Waals surface area (Å²) in [5.41, 5.74) is 1.94. The summed E-state index contributed by atoms with van der Waals surface area (Å²) in [6.45, 7) is 0.704. The third-order valence-electron chi connectivity index (χ3n) is 3.53. The molecule has 0 spiro atoms. The predicted octanol–water partition coefficient (Wildman–Crippen LogP) is 3.93. The summed E-state index contributed by atoms with van der Waals surface area (Å²) in [7, 11) is 1.67. The summed E-state index contributed by atoms with van der Waals surface area (Å²) in [6.07, 6.45) is 2.40. The molecule has 0 saturated carbocycles. The number of nitrogens with zero attached hydrogens (tertiary/aromatic N) is 3. The highest BCUT2D eigenvalue weighted by Gasteiger charge is 2.04. The lowest BCUT2D eigenvalue weighted by Crippen LogP contribution is -2.09. The topological polar surface area (TPSA) is 72.0 Å². The van der Waals surface area contributed by atoms with Crippen molar-refractivity contribution in [2.75, 3.05) is 24.3 Å². The molecule has 0 radical (unpaired) electrons. The number of ether oxygens (including phenoxy) is 1. The van der Waals surface area contributed by atoms with Crippen LogP contribution in [0.25, 0.3) is 0 Å². The van der Waals surface area contributed by atoms with Gasteiger partial charge in [-0.1, -0.05) is 35.9 Å². The maximum Gasteiger partial charge on any atom is 0.249 e. The molecule has 1 aromatic heterocycles. The molecule has 6 nitrogen and oxygen atoms in total. The minimum absolute atomic E-state index is 0.407. The number of rotatable bonds is 7. The maximum absolute atomic E-state index is 5.97. The van der Waals surface area contributed by atoms with Crippen molar-refractivity contribution in [1.82, 2.24) is 15.2 Å². The molecule has 0 aliphatic heterocycles. The Balaban J connectivity index is 1.60. The van der Waals surface area contributed by atoms with Crippen molar-refractivity contribution < 1.29 is 4.74 Å². The van der Waals surface area contributed by atoms with Crippen LogP contribution >= 0.6 is 11.6 Å². The first-order valence-electron chi connectivity index (χ1n) is 7.82. The molecular formula is C18H18ClN5O. The Kier molecular flexibility index (Phi) is 5.64. The lowest BCUT2D eigenvalue weighted by Gasteiger charge is -2.10. The van der Waals surface area contributed by atoms with Crippen LogP contribution in [0.2, 0.25) is 5.02 Å². The van der Waals surface area contributed by atoms with Gasteiger partial charge in [0.2, 0.25) is 5.95 Å². The first-order chi connectivity index (χ1) is 12.2. The minimum atomic E-state index is 0.407. The van der Waals surface area contributed by atoms with E-state index in [4.69, 9.17) is 16.3 Å². The highest BCUT2D eigenvalue weighted by Crippen LogP contribution is 2.19. The van der Waals surface area contributed by atoms with Crippen molar-refractivity contribution in [3.63, 3.8) is 0 Å². The summed E-state index contributed by atoms with van der Waals surface area (Å²) >= 11 is 5.97. The van der Waals surface area contributed by atoms with Gasteiger partial charge < -0.3 is 15.4 Å². The van der Waals surface area contributed by atoms with Crippen LogP contribution in [0.5, 0.6) is 5.75 Å². The van der Waals surface area contributed by atoms with Gasteiger partial charge in [0, 0.05) is 17.3 Å². The van der Waals surface area contributed by atoms with E-state index in [9.17, 15) is 0 Å². The minimum Gasteiger partial charge on any atom is -0.496 e. The zero-order valence-corrected chi connectivity index (χ0v) is 14.5. The molecule has 1 heterocycles. The number of hydrogen-bond donors (Lipinski definition) is 2. The molecule has 0 saturated heterocycles. The number of methoxy groups -OCH3 is 1. The van der Waals surface area contributed by atoms with Gasteiger partial charge in [-0.3, -0.25) is 0 Å². The zero-order chi connectivity index (χ0) is 17.5. The van der Waals surface area contributed by atoms with Gasteiger partial charge in [0.15, 0.2) is 5.82 Å². The summed E-state index contributed by atoms with van der Waals surface area (Å²) in [6, 6.07) is 15.3. The highest BCUT2D eigenvalue weighted by molar-refractivity contribution is 6.30. The van der Waals surface area contributed by atoms with Gasteiger partial charge in [0.05, 0.1) is 13.3 Å². The van der Waals surface area contributed by atoms with Gasteiger partial charge in [0.25, 0.3) is 0 Å². The number of nitrogens with one attached hydrogen (secondary N) is 2. The van der Waals surface area contributed by atoms with Crippen molar-refractivity contribution in [1.29, 1.82) is 0 Å². The second kappa shape index (κ2) is 8.30. The monoisotopic (exact) mass is 355 g/mol. The molecular weight excluding hydrogens is 338 g/mol. The Morgan fingerprint density at radius 2 is 2.00 bits per heavy atom. The molecule has 3 aromatic rings. The summed E-state index contributed by atoms with van der Waals surface area (Å²) in [5.74, 6) is 1.94. The second-order valence-corrected chi connectivity index (χ2v) is 5.73. The predicted molar refractivity (Wildman–Crippen MR) is 99.7 cm³/mol. The highest BCUT2D eigenvalue weighted by atomic mass is 35.5. The van der Waals surface area contributed by atoms with Gasteiger partial charge in [-0.2, -0.15) is 10.1 Å². The van der Waals surface area contributed by atoms with Gasteiger partial charge in [0.1, 0.15) is 5.75 Å². The normalized spacial score (nSPS) is 10.3. The van der Waals surface area contributed by atoms with Crippen LogP contribution in [-0.2, 0) is 6.42 Å². The standard InChI is InChI=1S/C18H18ClN5O/c1-25-16-8-3-2-5-13(16)9-10-20-17-12-21-24-18(23-17)22-15-7-4-6-14(19)11-15/h2-8,11-12H,9-10H2,1H3,(H2,20,22,23,24). The first-order valence-corrected chi connectivity index (χ1v) is 8.20. The first kappa shape index (κ1) is 17.0. The summed E-state index contributed by atoms with van der Waals surface area (Å²) in [4.78, 5) is 4.40. The van der Waals surface area contributed by atoms with E-state index in [-0.39, 0.29) is 0 Å². The van der Waals surface area contributed by atoms with Crippen LogP contribution in [0, 0.1) is 0 Å². The largest absolute Gasteiger partial charge is 0.496 e. The fourth-order valence-electron chi connectivity index (χ4n) is 2.37. The van der Waals surface area contributed by atoms with E-state index in [0.29, 0.717) is 23.3 Å². The average Bonchev–Trinajstić information content (AvgIpc) is 2.62. The van der Waals surface area contributed by atoms with E-state index in [2.05, 4.69) is 25.8 Å². The quantitative estimate of drug-likeness (QED) is 0.669. The van der Waals surface area contributed by atoms with Crippen LogP contribution < -0.4 is 15.4 Å². The van der Waals surface area contributed by atoms with E-state index in [1.165, 1.54) is 0 Å². The Morgan fingerprint density at radius 3 is 2.84 bits per heavy atom. The molecule has 0 aliphatic rings. The molecule has 0 fully saturated rings. The summed E-state index contributed by atoms with van der Waals surface area (Å²) in [5, 5.41) is 14.9. The number of hydrogen-bond acceptors (Lipinski definition) is 6. The number of anilines is 3. The number of para-hydroxylation sites is 1. The van der Waals surface area contributed by atoms with Crippen LogP contribution in [0.1, 0.15) is 5.56 Å². The third kappa shape index (κ3) is 4.81. The van der Waals surface area contributed by atoms with E-state index < -0.39 is 0 Å². The Labute approximate surface area is 151 Å². The molecule has 7 heteroatoms. The van der Waals surface area contributed by atoms with Gasteiger partial charge in [-0.15, -0.1) is 5.10 Å². The number of halogens is 1. The summed E-state index contributed by atoms with van der Waals surface area (Å²) < 4.78 is 5.36. The molecule has 3 rings (SSSR count). The molecule has 0 unspecified atom stereocenters. The molecule has 2 aromatic carbocycles. The smallest absolute Gasteiger partial charge is 0.249 e. The van der Waals surface area contributed by atoms with Crippen molar-refractivity contribution in [2.45, 2.75) is 6.42 Å². The van der Waals surface area contributed by atoms with Crippen molar-refractivity contribution in [2.24, 2.45) is 0 Å². The van der Waals surface area contributed by atoms with Gasteiger partial charge in [-0.05, 0) is 36.2 Å². The van der Waals surface area contributed by atoms with Crippen LogP contribution in [0.3, 0.4) is 0 Å². The Morgan fingerprint density at radius 1 is 1.12 bits per heavy atom. The van der Waals surface area contributed by atoms with Crippen molar-refractivity contribution in [3.05, 3.63) is 65.3 Å². The van der Waals surface area contributed by atoms with Crippen LogP contribution in [0.4, 0.5) is 17.5 Å². The van der Waals surface area contributed by atoms with Crippen LogP contribution in [-0.4, -0.2) is 28.8 Å². The lowest BCUT2D eigenvalue weighted by molar-refractivity contribution is 0.410. The zero-order valence-electron chi connectivity index (χ0n) is 13.7. The van der Waals surface area contributed by atoms with E-state index in [0.717, 1.165) is 23.4 Å². The SMILES string of the molecule is COc1ccccc1CCNc1cnnc(Nc2cccc(Cl)c2)n1. The van der Waals surface area contributed by atoms with Gasteiger partial charge >= 0.3 is 0 Å². The maximum atomic E-state index is 5.97. The molecule has 0 amide bonds. The van der Waals surface area contributed by atoms with Crippen LogP contribution in [0.15, 0.2) is 54.7 Å². The fourth-order valence-corrected chi connectivity index (χ4v) is 2.56. The molecule has 128 valence electrons. The number of benzene rings is 2. The molecule has 0 bridgehead atoms. The average molecular weight is 356 g/mol. The molecule has 0 aliphatic carbocycles. The molecule has 0 atom stereocenters. The number of aromatic nitrogens is 3. The van der Waals surface area contributed by atoms with E-state index in [1.54, 1.807) is 19.4 Å². The third-order valence-corrected chi connectivity index (χ3v) is 3.77. The van der Waals surface area contributed by atoms with Gasteiger partial charge in [-0.25, -0.2) is 0 Å². The molecule has 2 N–H and O–H groups in total.